The van der Waals surface area contributed by atoms with Gasteiger partial charge in [0.2, 0.25) is 0 Å². The van der Waals surface area contributed by atoms with Crippen LogP contribution in [0.3, 0.4) is 0 Å². The summed E-state index contributed by atoms with van der Waals surface area (Å²) < 4.78 is 5.00. The molecule has 0 unspecified atom stereocenters. The van der Waals surface area contributed by atoms with Crippen molar-refractivity contribution in [2.45, 2.75) is 39.7 Å². The SMILES string of the molecule is CCOC(=O)N1CCN(C(CC)CC)CC1. The van der Waals surface area contributed by atoms with Crippen molar-refractivity contribution in [3.8, 4) is 0 Å². The molecule has 1 saturated heterocycles. The van der Waals surface area contributed by atoms with Crippen LogP contribution in [0.5, 0.6) is 0 Å². The van der Waals surface area contributed by atoms with Crippen molar-refractivity contribution in [1.82, 2.24) is 9.80 Å². The van der Waals surface area contributed by atoms with Gasteiger partial charge in [0, 0.05) is 32.2 Å². The van der Waals surface area contributed by atoms with Gasteiger partial charge in [0.25, 0.3) is 0 Å². The molecular formula is C12H24N2O2. The van der Waals surface area contributed by atoms with Gasteiger partial charge in [-0.25, -0.2) is 4.79 Å². The number of hydrogen-bond donors (Lipinski definition) is 0. The fourth-order valence-corrected chi connectivity index (χ4v) is 2.29. The Kier molecular flexibility index (Phi) is 5.60. The zero-order valence-corrected chi connectivity index (χ0v) is 10.7. The maximum absolute atomic E-state index is 11.5. The molecule has 1 amide bonds. The van der Waals surface area contributed by atoms with Gasteiger partial charge in [0.15, 0.2) is 0 Å². The summed E-state index contributed by atoms with van der Waals surface area (Å²) in [5, 5.41) is 0. The van der Waals surface area contributed by atoms with Crippen molar-refractivity contribution < 1.29 is 9.53 Å². The highest BCUT2D eigenvalue weighted by atomic mass is 16.6. The van der Waals surface area contributed by atoms with Crippen LogP contribution in [-0.2, 0) is 4.74 Å². The highest BCUT2D eigenvalue weighted by Gasteiger charge is 2.24. The first kappa shape index (κ1) is 13.3. The number of rotatable bonds is 4. The topological polar surface area (TPSA) is 32.8 Å². The molecule has 0 atom stereocenters. The molecule has 0 N–H and O–H groups in total. The van der Waals surface area contributed by atoms with E-state index in [0.717, 1.165) is 26.2 Å². The van der Waals surface area contributed by atoms with E-state index in [-0.39, 0.29) is 6.09 Å². The van der Waals surface area contributed by atoms with Gasteiger partial charge in [-0.15, -0.1) is 0 Å². The lowest BCUT2D eigenvalue weighted by atomic mass is 10.1. The van der Waals surface area contributed by atoms with Gasteiger partial charge in [0.1, 0.15) is 0 Å². The molecule has 4 nitrogen and oxygen atoms in total. The van der Waals surface area contributed by atoms with E-state index < -0.39 is 0 Å². The predicted octanol–water partition coefficient (Wildman–Crippen LogP) is 1.95. The summed E-state index contributed by atoms with van der Waals surface area (Å²) in [5.41, 5.74) is 0. The average Bonchev–Trinajstić information content (AvgIpc) is 2.32. The maximum Gasteiger partial charge on any atom is 0.409 e. The van der Waals surface area contributed by atoms with Crippen LogP contribution in [-0.4, -0.2) is 54.7 Å². The van der Waals surface area contributed by atoms with Crippen molar-refractivity contribution in [3.05, 3.63) is 0 Å². The smallest absolute Gasteiger partial charge is 0.409 e. The van der Waals surface area contributed by atoms with Crippen molar-refractivity contribution in [3.63, 3.8) is 0 Å². The second kappa shape index (κ2) is 6.74. The van der Waals surface area contributed by atoms with Crippen LogP contribution in [0.15, 0.2) is 0 Å². The lowest BCUT2D eigenvalue weighted by molar-refractivity contribution is 0.0644. The highest BCUT2D eigenvalue weighted by Crippen LogP contribution is 2.12. The molecule has 1 rings (SSSR count). The number of carbonyl (C=O) groups is 1. The number of nitrogens with zero attached hydrogens (tertiary/aromatic N) is 2. The molecule has 0 aromatic heterocycles. The molecule has 0 spiro atoms. The van der Waals surface area contributed by atoms with Crippen LogP contribution >= 0.6 is 0 Å². The monoisotopic (exact) mass is 228 g/mol. The summed E-state index contributed by atoms with van der Waals surface area (Å²) in [6.45, 7) is 10.3. The number of hydrogen-bond acceptors (Lipinski definition) is 3. The van der Waals surface area contributed by atoms with Gasteiger partial charge in [-0.2, -0.15) is 0 Å². The van der Waals surface area contributed by atoms with Crippen molar-refractivity contribution in [1.29, 1.82) is 0 Å². The van der Waals surface area contributed by atoms with Gasteiger partial charge in [-0.3, -0.25) is 4.90 Å². The average molecular weight is 228 g/mol. The van der Waals surface area contributed by atoms with Crippen molar-refractivity contribution in [2.24, 2.45) is 0 Å². The Morgan fingerprint density at radius 1 is 1.12 bits per heavy atom. The quantitative estimate of drug-likeness (QED) is 0.737. The van der Waals surface area contributed by atoms with Gasteiger partial charge in [-0.05, 0) is 19.8 Å². The molecule has 1 heterocycles. The molecule has 1 aliphatic rings. The van der Waals surface area contributed by atoms with E-state index in [1.807, 2.05) is 11.8 Å². The van der Waals surface area contributed by atoms with Crippen LogP contribution in [0.2, 0.25) is 0 Å². The van der Waals surface area contributed by atoms with Crippen molar-refractivity contribution in [2.75, 3.05) is 32.8 Å². The molecule has 1 fully saturated rings. The number of carbonyl (C=O) groups excluding carboxylic acids is 1. The van der Waals surface area contributed by atoms with Crippen LogP contribution in [0.1, 0.15) is 33.6 Å². The Morgan fingerprint density at radius 3 is 2.12 bits per heavy atom. The lowest BCUT2D eigenvalue weighted by Crippen LogP contribution is -2.51. The summed E-state index contributed by atoms with van der Waals surface area (Å²) in [4.78, 5) is 15.8. The number of piperazine rings is 1. The fourth-order valence-electron chi connectivity index (χ4n) is 2.29. The molecule has 0 aromatic rings. The van der Waals surface area contributed by atoms with E-state index in [1.54, 1.807) is 0 Å². The summed E-state index contributed by atoms with van der Waals surface area (Å²) in [6.07, 6.45) is 2.22. The summed E-state index contributed by atoms with van der Waals surface area (Å²) in [7, 11) is 0. The molecule has 0 bridgehead atoms. The predicted molar refractivity (Wildman–Crippen MR) is 64.5 cm³/mol. The first-order valence-corrected chi connectivity index (χ1v) is 6.38. The summed E-state index contributed by atoms with van der Waals surface area (Å²) in [6, 6.07) is 0.671. The summed E-state index contributed by atoms with van der Waals surface area (Å²) >= 11 is 0. The molecule has 94 valence electrons. The van der Waals surface area contributed by atoms with E-state index in [1.165, 1.54) is 12.8 Å². The van der Waals surface area contributed by atoms with Crippen LogP contribution in [0.25, 0.3) is 0 Å². The third-order valence-electron chi connectivity index (χ3n) is 3.30. The third-order valence-corrected chi connectivity index (χ3v) is 3.30. The van der Waals surface area contributed by atoms with Crippen LogP contribution < -0.4 is 0 Å². The molecule has 0 aliphatic carbocycles. The minimum atomic E-state index is -0.160. The van der Waals surface area contributed by atoms with E-state index in [9.17, 15) is 4.79 Å². The van der Waals surface area contributed by atoms with Gasteiger partial charge >= 0.3 is 6.09 Å². The molecule has 16 heavy (non-hydrogen) atoms. The molecule has 0 aromatic carbocycles. The standard InChI is InChI=1S/C12H24N2O2/c1-4-11(5-2)13-7-9-14(10-8-13)12(15)16-6-3/h11H,4-10H2,1-3H3. The molecule has 0 radical (unpaired) electrons. The normalized spacial score (nSPS) is 17.9. The molecule has 4 heteroatoms. The zero-order valence-electron chi connectivity index (χ0n) is 10.7. The minimum absolute atomic E-state index is 0.160. The van der Waals surface area contributed by atoms with Crippen molar-refractivity contribution >= 4 is 6.09 Å². The molecular weight excluding hydrogens is 204 g/mol. The Morgan fingerprint density at radius 2 is 1.69 bits per heavy atom. The van der Waals surface area contributed by atoms with E-state index in [4.69, 9.17) is 4.74 Å². The minimum Gasteiger partial charge on any atom is -0.450 e. The third kappa shape index (κ3) is 3.37. The van der Waals surface area contributed by atoms with E-state index >= 15 is 0 Å². The molecule has 0 saturated carbocycles. The number of ether oxygens (including phenoxy) is 1. The Balaban J connectivity index is 2.35. The van der Waals surface area contributed by atoms with E-state index in [2.05, 4.69) is 18.7 Å². The highest BCUT2D eigenvalue weighted by molar-refractivity contribution is 5.67. The van der Waals surface area contributed by atoms with E-state index in [0.29, 0.717) is 12.6 Å². The second-order valence-electron chi connectivity index (χ2n) is 4.19. The second-order valence-corrected chi connectivity index (χ2v) is 4.19. The lowest BCUT2D eigenvalue weighted by Gasteiger charge is -2.38. The fraction of sp³-hybridized carbons (Fsp3) is 0.917. The van der Waals surface area contributed by atoms with Crippen LogP contribution in [0.4, 0.5) is 4.79 Å². The van der Waals surface area contributed by atoms with Crippen LogP contribution in [0, 0.1) is 0 Å². The molecule has 1 aliphatic heterocycles. The first-order chi connectivity index (χ1) is 7.72. The first-order valence-electron chi connectivity index (χ1n) is 6.38. The Labute approximate surface area is 98.5 Å². The largest absolute Gasteiger partial charge is 0.450 e. The van der Waals surface area contributed by atoms with Gasteiger partial charge < -0.3 is 9.64 Å². The maximum atomic E-state index is 11.5. The Bertz CT molecular complexity index is 209. The summed E-state index contributed by atoms with van der Waals surface area (Å²) in [5.74, 6) is 0. The zero-order chi connectivity index (χ0) is 12.0. The van der Waals surface area contributed by atoms with Gasteiger partial charge in [0.05, 0.1) is 6.61 Å². The Hall–Kier alpha value is -0.770. The number of amides is 1. The van der Waals surface area contributed by atoms with Gasteiger partial charge in [-0.1, -0.05) is 13.8 Å².